The first-order chi connectivity index (χ1) is 9.31. The van der Waals surface area contributed by atoms with E-state index in [0.717, 1.165) is 18.2 Å². The molecule has 0 aliphatic rings. The van der Waals surface area contributed by atoms with Crippen molar-refractivity contribution >= 4 is 27.3 Å². The van der Waals surface area contributed by atoms with Crippen LogP contribution in [0.2, 0.25) is 5.02 Å². The Hall–Kier alpha value is -1.69. The van der Waals surface area contributed by atoms with Gasteiger partial charge in [0.2, 0.25) is 10.0 Å². The molecule has 0 amide bonds. The minimum absolute atomic E-state index is 0.153. The minimum atomic E-state index is -4.00. The monoisotopic (exact) mass is 317 g/mol. The maximum Gasteiger partial charge on any atom is 0.289 e. The van der Waals surface area contributed by atoms with Gasteiger partial charge in [0.15, 0.2) is 0 Å². The summed E-state index contributed by atoms with van der Waals surface area (Å²) in [6, 6.07) is 4.10. The number of nitro groups is 1. The summed E-state index contributed by atoms with van der Waals surface area (Å²) in [5, 5.41) is 19.4. The number of nitrogens with zero attached hydrogens (tertiary/aromatic N) is 2. The largest absolute Gasteiger partial charge is 0.289 e. The Labute approximate surface area is 121 Å². The van der Waals surface area contributed by atoms with Crippen molar-refractivity contribution in [2.45, 2.75) is 30.7 Å². The molecule has 0 aromatic heterocycles. The van der Waals surface area contributed by atoms with Crippen LogP contribution in [0.25, 0.3) is 0 Å². The number of hydrogen-bond donors (Lipinski definition) is 1. The number of nitrogens with one attached hydrogen (secondary N) is 1. The van der Waals surface area contributed by atoms with Crippen molar-refractivity contribution in [3.05, 3.63) is 33.3 Å². The van der Waals surface area contributed by atoms with Gasteiger partial charge in [-0.05, 0) is 18.6 Å². The van der Waals surface area contributed by atoms with Crippen LogP contribution in [0, 0.1) is 21.4 Å². The Morgan fingerprint density at radius 3 is 2.70 bits per heavy atom. The van der Waals surface area contributed by atoms with Gasteiger partial charge in [-0.15, -0.1) is 0 Å². The molecule has 0 saturated carbocycles. The number of hydrogen-bond acceptors (Lipinski definition) is 5. The first-order valence-electron chi connectivity index (χ1n) is 5.67. The van der Waals surface area contributed by atoms with Gasteiger partial charge >= 0.3 is 0 Å². The normalized spacial score (nSPS) is 12.7. The van der Waals surface area contributed by atoms with E-state index >= 15 is 0 Å². The zero-order valence-electron chi connectivity index (χ0n) is 10.5. The van der Waals surface area contributed by atoms with Crippen molar-refractivity contribution < 1.29 is 13.3 Å². The Bertz CT molecular complexity index is 654. The average molecular weight is 318 g/mol. The van der Waals surface area contributed by atoms with Crippen LogP contribution in [0.3, 0.4) is 0 Å². The third-order valence-electron chi connectivity index (χ3n) is 2.46. The smallest absolute Gasteiger partial charge is 0.258 e. The molecule has 1 unspecified atom stereocenters. The van der Waals surface area contributed by atoms with Gasteiger partial charge in [0, 0.05) is 6.07 Å². The lowest BCUT2D eigenvalue weighted by atomic mass is 10.2. The predicted octanol–water partition coefficient (Wildman–Crippen LogP) is 2.22. The van der Waals surface area contributed by atoms with E-state index < -0.39 is 26.7 Å². The third-order valence-corrected chi connectivity index (χ3v) is 4.24. The van der Waals surface area contributed by atoms with Crippen LogP contribution >= 0.6 is 11.6 Å². The molecule has 0 bridgehead atoms. The number of halogens is 1. The molecule has 0 saturated heterocycles. The van der Waals surface area contributed by atoms with Crippen LogP contribution in [-0.2, 0) is 10.0 Å². The van der Waals surface area contributed by atoms with Gasteiger partial charge in [-0.1, -0.05) is 24.9 Å². The van der Waals surface area contributed by atoms with E-state index in [0.29, 0.717) is 12.8 Å². The lowest BCUT2D eigenvalue weighted by molar-refractivity contribution is -0.384. The number of benzene rings is 1. The summed E-state index contributed by atoms with van der Waals surface area (Å²) in [4.78, 5) is 9.67. The zero-order valence-corrected chi connectivity index (χ0v) is 12.1. The SMILES string of the molecule is CCCC(C#N)NS(=O)(=O)c1ccc(Cl)c([N+](=O)[O-])c1. The molecule has 0 aliphatic carbocycles. The highest BCUT2D eigenvalue weighted by atomic mass is 35.5. The summed E-state index contributed by atoms with van der Waals surface area (Å²) in [7, 11) is -4.00. The quantitative estimate of drug-likeness (QED) is 0.638. The molecule has 1 aromatic carbocycles. The van der Waals surface area contributed by atoms with Crippen molar-refractivity contribution in [1.82, 2.24) is 4.72 Å². The van der Waals surface area contributed by atoms with Crippen molar-refractivity contribution in [1.29, 1.82) is 5.26 Å². The summed E-state index contributed by atoms with van der Waals surface area (Å²) in [6.45, 7) is 1.81. The van der Waals surface area contributed by atoms with E-state index in [9.17, 15) is 18.5 Å². The Balaban J connectivity index is 3.13. The number of rotatable bonds is 6. The number of nitriles is 1. The maximum absolute atomic E-state index is 12.0. The van der Waals surface area contributed by atoms with E-state index in [4.69, 9.17) is 16.9 Å². The van der Waals surface area contributed by atoms with Gasteiger partial charge in [-0.2, -0.15) is 9.98 Å². The second kappa shape index (κ2) is 6.65. The summed E-state index contributed by atoms with van der Waals surface area (Å²) < 4.78 is 26.3. The lowest BCUT2D eigenvalue weighted by Gasteiger charge is -2.11. The molecular formula is C11H12ClN3O4S. The predicted molar refractivity (Wildman–Crippen MR) is 72.7 cm³/mol. The average Bonchev–Trinajstić information content (AvgIpc) is 2.37. The van der Waals surface area contributed by atoms with Crippen molar-refractivity contribution in [3.63, 3.8) is 0 Å². The highest BCUT2D eigenvalue weighted by molar-refractivity contribution is 7.89. The molecule has 0 radical (unpaired) electrons. The Morgan fingerprint density at radius 2 is 2.20 bits per heavy atom. The van der Waals surface area contributed by atoms with Crippen LogP contribution in [0.15, 0.2) is 23.1 Å². The molecule has 0 fully saturated rings. The molecule has 0 heterocycles. The molecule has 7 nitrogen and oxygen atoms in total. The molecule has 9 heteroatoms. The number of sulfonamides is 1. The fourth-order valence-electron chi connectivity index (χ4n) is 1.49. The van der Waals surface area contributed by atoms with Gasteiger partial charge in [0.25, 0.3) is 5.69 Å². The summed E-state index contributed by atoms with van der Waals surface area (Å²) in [5.41, 5.74) is -0.501. The van der Waals surface area contributed by atoms with Crippen molar-refractivity contribution in [2.24, 2.45) is 0 Å². The van der Waals surface area contributed by atoms with Crippen LogP contribution in [0.4, 0.5) is 5.69 Å². The van der Waals surface area contributed by atoms with Crippen molar-refractivity contribution in [2.75, 3.05) is 0 Å². The highest BCUT2D eigenvalue weighted by Crippen LogP contribution is 2.27. The van der Waals surface area contributed by atoms with E-state index in [1.54, 1.807) is 0 Å². The molecule has 1 aromatic rings. The molecule has 108 valence electrons. The van der Waals surface area contributed by atoms with Gasteiger partial charge in [-0.25, -0.2) is 8.42 Å². The van der Waals surface area contributed by atoms with Gasteiger partial charge < -0.3 is 0 Å². The molecule has 0 aliphatic heterocycles. The van der Waals surface area contributed by atoms with E-state index in [1.807, 2.05) is 13.0 Å². The molecule has 1 rings (SSSR count). The topological polar surface area (TPSA) is 113 Å². The van der Waals surface area contributed by atoms with Gasteiger partial charge in [-0.3, -0.25) is 10.1 Å². The zero-order chi connectivity index (χ0) is 15.3. The Morgan fingerprint density at radius 1 is 1.55 bits per heavy atom. The van der Waals surface area contributed by atoms with Crippen LogP contribution in [0.5, 0.6) is 0 Å². The highest BCUT2D eigenvalue weighted by Gasteiger charge is 2.23. The van der Waals surface area contributed by atoms with Crippen molar-refractivity contribution in [3.8, 4) is 6.07 Å². The van der Waals surface area contributed by atoms with Gasteiger partial charge in [0.05, 0.1) is 15.9 Å². The summed E-state index contributed by atoms with van der Waals surface area (Å²) in [6.07, 6.45) is 0.979. The fraction of sp³-hybridized carbons (Fsp3) is 0.364. The minimum Gasteiger partial charge on any atom is -0.258 e. The second-order valence-electron chi connectivity index (χ2n) is 3.96. The fourth-order valence-corrected chi connectivity index (χ4v) is 2.88. The molecular weight excluding hydrogens is 306 g/mol. The van der Waals surface area contributed by atoms with E-state index in [-0.39, 0.29) is 9.92 Å². The molecule has 20 heavy (non-hydrogen) atoms. The maximum atomic E-state index is 12.0. The van der Waals surface area contributed by atoms with Crippen LogP contribution < -0.4 is 4.72 Å². The van der Waals surface area contributed by atoms with Crippen LogP contribution in [-0.4, -0.2) is 19.4 Å². The lowest BCUT2D eigenvalue weighted by Crippen LogP contribution is -2.33. The van der Waals surface area contributed by atoms with E-state index in [2.05, 4.69) is 4.72 Å². The molecule has 1 atom stereocenters. The van der Waals surface area contributed by atoms with Crippen LogP contribution in [0.1, 0.15) is 19.8 Å². The first-order valence-corrected chi connectivity index (χ1v) is 7.53. The first kappa shape index (κ1) is 16.4. The molecule has 0 spiro atoms. The second-order valence-corrected chi connectivity index (χ2v) is 6.08. The van der Waals surface area contributed by atoms with Gasteiger partial charge in [0.1, 0.15) is 11.1 Å². The van der Waals surface area contributed by atoms with E-state index in [1.165, 1.54) is 0 Å². The number of nitro benzene ring substituents is 1. The third kappa shape index (κ3) is 3.90. The Kier molecular flexibility index (Phi) is 5.44. The molecule has 1 N–H and O–H groups in total. The summed E-state index contributed by atoms with van der Waals surface area (Å²) in [5.74, 6) is 0. The summed E-state index contributed by atoms with van der Waals surface area (Å²) >= 11 is 5.61. The standard InChI is InChI=1S/C11H12ClN3O4S/c1-2-3-8(7-13)14-20(18,19)9-4-5-10(12)11(6-9)15(16)17/h4-6,8,14H,2-3H2,1H3.